The predicted molar refractivity (Wildman–Crippen MR) is 66.4 cm³/mol. The number of methoxy groups -OCH3 is 1. The van der Waals surface area contributed by atoms with Gasteiger partial charge in [-0.05, 0) is 12.8 Å². The average Bonchev–Trinajstić information content (AvgIpc) is 2.65. The van der Waals surface area contributed by atoms with E-state index in [0.717, 1.165) is 18.4 Å². The molecule has 1 unspecified atom stereocenters. The summed E-state index contributed by atoms with van der Waals surface area (Å²) in [6.45, 7) is 0. The van der Waals surface area contributed by atoms with E-state index in [0.29, 0.717) is 0 Å². The summed E-state index contributed by atoms with van der Waals surface area (Å²) in [5.74, 6) is 0. The van der Waals surface area contributed by atoms with Crippen molar-refractivity contribution in [1.29, 1.82) is 0 Å². The van der Waals surface area contributed by atoms with Crippen molar-refractivity contribution in [3.63, 3.8) is 0 Å². The van der Waals surface area contributed by atoms with Crippen molar-refractivity contribution in [2.75, 3.05) is 7.11 Å². The van der Waals surface area contributed by atoms with Crippen molar-refractivity contribution in [3.05, 3.63) is 24.3 Å². The molecule has 0 aromatic carbocycles. The molecule has 0 radical (unpaired) electrons. The van der Waals surface area contributed by atoms with E-state index < -0.39 is 0 Å². The standard InChI is InChI=1S/C13H21N3O/c1-17-13(6-4-2-3-5-7-13)12(14)11-8-15-10-16-9-11/h8-10,12H,2-7,14H2,1H3. The lowest BCUT2D eigenvalue weighted by molar-refractivity contribution is -0.0443. The van der Waals surface area contributed by atoms with Gasteiger partial charge in [-0.2, -0.15) is 0 Å². The maximum absolute atomic E-state index is 6.38. The minimum Gasteiger partial charge on any atom is -0.376 e. The van der Waals surface area contributed by atoms with Crippen molar-refractivity contribution >= 4 is 0 Å². The molecule has 1 fully saturated rings. The Hall–Kier alpha value is -1.00. The molecule has 0 amide bonds. The highest BCUT2D eigenvalue weighted by Gasteiger charge is 2.38. The molecule has 1 aromatic rings. The maximum atomic E-state index is 6.38. The van der Waals surface area contributed by atoms with Crippen LogP contribution in [0.15, 0.2) is 18.7 Å². The van der Waals surface area contributed by atoms with Crippen molar-refractivity contribution in [2.24, 2.45) is 5.73 Å². The fourth-order valence-corrected chi connectivity index (χ4v) is 2.74. The number of nitrogens with two attached hydrogens (primary N) is 1. The van der Waals surface area contributed by atoms with Gasteiger partial charge in [-0.3, -0.25) is 0 Å². The third-order valence-corrected chi connectivity index (χ3v) is 3.86. The first-order chi connectivity index (χ1) is 8.28. The van der Waals surface area contributed by atoms with Gasteiger partial charge in [0.25, 0.3) is 0 Å². The number of ether oxygens (including phenoxy) is 1. The van der Waals surface area contributed by atoms with Crippen molar-refractivity contribution in [1.82, 2.24) is 9.97 Å². The summed E-state index contributed by atoms with van der Waals surface area (Å²) in [6, 6.07) is -0.133. The van der Waals surface area contributed by atoms with E-state index >= 15 is 0 Å². The molecule has 1 aliphatic rings. The van der Waals surface area contributed by atoms with Gasteiger partial charge < -0.3 is 10.5 Å². The van der Waals surface area contributed by atoms with Crippen LogP contribution < -0.4 is 5.73 Å². The van der Waals surface area contributed by atoms with E-state index in [9.17, 15) is 0 Å². The van der Waals surface area contributed by atoms with Crippen LogP contribution in [0.5, 0.6) is 0 Å². The Bertz CT molecular complexity index is 334. The van der Waals surface area contributed by atoms with Gasteiger partial charge in [0.1, 0.15) is 6.33 Å². The molecule has 0 bridgehead atoms. The molecule has 1 aromatic heterocycles. The van der Waals surface area contributed by atoms with Gasteiger partial charge in [0.05, 0.1) is 11.6 Å². The Kier molecular flexibility index (Phi) is 4.07. The quantitative estimate of drug-likeness (QED) is 0.816. The van der Waals surface area contributed by atoms with E-state index in [2.05, 4.69) is 9.97 Å². The normalized spacial score (nSPS) is 21.8. The van der Waals surface area contributed by atoms with Crippen LogP contribution in [0.1, 0.15) is 50.1 Å². The molecule has 1 atom stereocenters. The molecule has 2 rings (SSSR count). The summed E-state index contributed by atoms with van der Waals surface area (Å²) in [6.07, 6.45) is 12.1. The molecular weight excluding hydrogens is 214 g/mol. The third-order valence-electron chi connectivity index (χ3n) is 3.86. The molecule has 4 nitrogen and oxygen atoms in total. The molecule has 0 aliphatic heterocycles. The van der Waals surface area contributed by atoms with Crippen LogP contribution in [-0.4, -0.2) is 22.7 Å². The predicted octanol–water partition coefficient (Wildman–Crippen LogP) is 2.22. The highest BCUT2D eigenvalue weighted by Crippen LogP contribution is 2.38. The Morgan fingerprint density at radius 3 is 2.29 bits per heavy atom. The van der Waals surface area contributed by atoms with Crippen LogP contribution >= 0.6 is 0 Å². The van der Waals surface area contributed by atoms with Gasteiger partial charge in [0.15, 0.2) is 0 Å². The van der Waals surface area contributed by atoms with E-state index in [4.69, 9.17) is 10.5 Å². The molecule has 0 saturated heterocycles. The monoisotopic (exact) mass is 235 g/mol. The molecule has 2 N–H and O–H groups in total. The second kappa shape index (κ2) is 5.56. The van der Waals surface area contributed by atoms with Gasteiger partial charge in [-0.1, -0.05) is 25.7 Å². The number of nitrogens with zero attached hydrogens (tertiary/aromatic N) is 2. The molecule has 4 heteroatoms. The van der Waals surface area contributed by atoms with Gasteiger partial charge in [-0.15, -0.1) is 0 Å². The van der Waals surface area contributed by atoms with Crippen molar-refractivity contribution < 1.29 is 4.74 Å². The summed E-state index contributed by atoms with van der Waals surface area (Å²) >= 11 is 0. The molecule has 1 aliphatic carbocycles. The summed E-state index contributed by atoms with van der Waals surface area (Å²) < 4.78 is 5.79. The second-order valence-electron chi connectivity index (χ2n) is 4.83. The summed E-state index contributed by atoms with van der Waals surface area (Å²) in [7, 11) is 1.77. The van der Waals surface area contributed by atoms with Gasteiger partial charge in [-0.25, -0.2) is 9.97 Å². The lowest BCUT2D eigenvalue weighted by Crippen LogP contribution is -2.42. The van der Waals surface area contributed by atoms with E-state index in [1.54, 1.807) is 19.5 Å². The van der Waals surface area contributed by atoms with E-state index in [1.165, 1.54) is 32.0 Å². The number of hydrogen-bond donors (Lipinski definition) is 1. The lowest BCUT2D eigenvalue weighted by atomic mass is 9.83. The van der Waals surface area contributed by atoms with Crippen molar-refractivity contribution in [3.8, 4) is 0 Å². The van der Waals surface area contributed by atoms with E-state index in [-0.39, 0.29) is 11.6 Å². The van der Waals surface area contributed by atoms with Crippen LogP contribution in [0.3, 0.4) is 0 Å². The zero-order valence-electron chi connectivity index (χ0n) is 10.4. The van der Waals surface area contributed by atoms with Crippen LogP contribution in [0.25, 0.3) is 0 Å². The highest BCUT2D eigenvalue weighted by molar-refractivity contribution is 5.14. The first-order valence-electron chi connectivity index (χ1n) is 6.34. The zero-order chi connectivity index (χ0) is 12.1. The third kappa shape index (κ3) is 2.64. The summed E-state index contributed by atoms with van der Waals surface area (Å²) in [4.78, 5) is 8.09. The topological polar surface area (TPSA) is 61.0 Å². The molecule has 0 spiro atoms. The van der Waals surface area contributed by atoms with Gasteiger partial charge >= 0.3 is 0 Å². The van der Waals surface area contributed by atoms with E-state index in [1.807, 2.05) is 0 Å². The summed E-state index contributed by atoms with van der Waals surface area (Å²) in [5.41, 5.74) is 7.11. The van der Waals surface area contributed by atoms with Crippen LogP contribution in [0.4, 0.5) is 0 Å². The minimum atomic E-state index is -0.235. The fourth-order valence-electron chi connectivity index (χ4n) is 2.74. The maximum Gasteiger partial charge on any atom is 0.115 e. The minimum absolute atomic E-state index is 0.133. The van der Waals surface area contributed by atoms with Gasteiger partial charge in [0, 0.05) is 25.1 Å². The van der Waals surface area contributed by atoms with Crippen LogP contribution in [0, 0.1) is 0 Å². The first-order valence-corrected chi connectivity index (χ1v) is 6.34. The molecule has 17 heavy (non-hydrogen) atoms. The first kappa shape index (κ1) is 12.5. The number of rotatable bonds is 3. The molecule has 1 saturated carbocycles. The highest BCUT2D eigenvalue weighted by atomic mass is 16.5. The zero-order valence-corrected chi connectivity index (χ0v) is 10.4. The fraction of sp³-hybridized carbons (Fsp3) is 0.692. The Morgan fingerprint density at radius 2 is 1.76 bits per heavy atom. The Labute approximate surface area is 103 Å². The number of aromatic nitrogens is 2. The average molecular weight is 235 g/mol. The van der Waals surface area contributed by atoms with Crippen LogP contribution in [-0.2, 0) is 4.74 Å². The Morgan fingerprint density at radius 1 is 1.18 bits per heavy atom. The molecule has 94 valence electrons. The largest absolute Gasteiger partial charge is 0.376 e. The molecule has 1 heterocycles. The van der Waals surface area contributed by atoms with Crippen LogP contribution in [0.2, 0.25) is 0 Å². The SMILES string of the molecule is COC1(C(N)c2cncnc2)CCCCCC1. The summed E-state index contributed by atoms with van der Waals surface area (Å²) in [5, 5.41) is 0. The number of hydrogen-bond acceptors (Lipinski definition) is 4. The molecular formula is C13H21N3O. The van der Waals surface area contributed by atoms with Crippen molar-refractivity contribution in [2.45, 2.75) is 50.2 Å². The van der Waals surface area contributed by atoms with Gasteiger partial charge in [0.2, 0.25) is 0 Å². The smallest absolute Gasteiger partial charge is 0.115 e. The Balaban J connectivity index is 2.21. The lowest BCUT2D eigenvalue weighted by Gasteiger charge is -2.37. The second-order valence-corrected chi connectivity index (χ2v) is 4.83.